The van der Waals surface area contributed by atoms with Gasteiger partial charge in [0.05, 0.1) is 11.4 Å². The molecule has 18 heavy (non-hydrogen) atoms. The highest BCUT2D eigenvalue weighted by Crippen LogP contribution is 2.22. The zero-order chi connectivity index (χ0) is 13.1. The number of anilines is 2. The molecular formula is C13H17FN4. The molecule has 2 rings (SSSR count). The van der Waals surface area contributed by atoms with E-state index in [4.69, 9.17) is 5.73 Å². The highest BCUT2D eigenvalue weighted by molar-refractivity contribution is 5.67. The molecule has 0 amide bonds. The number of hydrogen-bond acceptors (Lipinski definition) is 3. The second-order valence-electron chi connectivity index (χ2n) is 4.31. The Morgan fingerprint density at radius 3 is 2.89 bits per heavy atom. The van der Waals surface area contributed by atoms with Gasteiger partial charge in [-0.1, -0.05) is 0 Å². The number of halogens is 1. The van der Waals surface area contributed by atoms with E-state index < -0.39 is 0 Å². The maximum Gasteiger partial charge on any atom is 0.128 e. The first-order valence-electron chi connectivity index (χ1n) is 5.84. The quantitative estimate of drug-likeness (QED) is 0.815. The van der Waals surface area contributed by atoms with Crippen molar-refractivity contribution >= 4 is 11.4 Å². The van der Waals surface area contributed by atoms with Gasteiger partial charge < -0.3 is 11.1 Å². The van der Waals surface area contributed by atoms with Gasteiger partial charge in [-0.05, 0) is 30.7 Å². The third-order valence-corrected chi connectivity index (χ3v) is 2.95. The lowest BCUT2D eigenvalue weighted by Crippen LogP contribution is -2.10. The molecule has 0 aliphatic rings. The monoisotopic (exact) mass is 248 g/mol. The van der Waals surface area contributed by atoms with Gasteiger partial charge in [0.2, 0.25) is 0 Å². The van der Waals surface area contributed by atoms with Crippen LogP contribution in [0, 0.1) is 12.7 Å². The third kappa shape index (κ3) is 2.61. The Labute approximate surface area is 106 Å². The zero-order valence-corrected chi connectivity index (χ0v) is 10.6. The standard InChI is InChI=1S/C13H17FN4/c1-9-7-13(12(15)8-11(9)14)16-5-3-10-4-6-17-18(10)2/h4,6-8,16H,3,5,15H2,1-2H3. The van der Waals surface area contributed by atoms with Crippen LogP contribution in [0.15, 0.2) is 24.4 Å². The first kappa shape index (κ1) is 12.4. The second-order valence-corrected chi connectivity index (χ2v) is 4.31. The Bertz CT molecular complexity index is 548. The number of nitrogens with zero attached hydrogens (tertiary/aromatic N) is 2. The van der Waals surface area contributed by atoms with Crippen molar-refractivity contribution in [1.82, 2.24) is 9.78 Å². The minimum Gasteiger partial charge on any atom is -0.397 e. The molecule has 5 heteroatoms. The van der Waals surface area contributed by atoms with Crippen LogP contribution in [0.4, 0.5) is 15.8 Å². The Kier molecular flexibility index (Phi) is 3.50. The minimum absolute atomic E-state index is 0.273. The molecule has 1 aromatic heterocycles. The summed E-state index contributed by atoms with van der Waals surface area (Å²) in [6.07, 6.45) is 2.61. The highest BCUT2D eigenvalue weighted by atomic mass is 19.1. The van der Waals surface area contributed by atoms with Crippen molar-refractivity contribution < 1.29 is 4.39 Å². The number of nitrogen functional groups attached to an aromatic ring is 1. The molecule has 0 aliphatic carbocycles. The number of nitrogens with one attached hydrogen (secondary N) is 1. The molecule has 0 unspecified atom stereocenters. The molecule has 0 fully saturated rings. The van der Waals surface area contributed by atoms with E-state index in [-0.39, 0.29) is 5.82 Å². The van der Waals surface area contributed by atoms with E-state index in [2.05, 4.69) is 10.4 Å². The summed E-state index contributed by atoms with van der Waals surface area (Å²) in [6.45, 7) is 2.45. The van der Waals surface area contributed by atoms with Crippen molar-refractivity contribution in [2.75, 3.05) is 17.6 Å². The Hall–Kier alpha value is -2.04. The maximum absolute atomic E-state index is 13.2. The number of benzene rings is 1. The van der Waals surface area contributed by atoms with Crippen LogP contribution < -0.4 is 11.1 Å². The fourth-order valence-corrected chi connectivity index (χ4v) is 1.82. The normalized spacial score (nSPS) is 10.6. The van der Waals surface area contributed by atoms with Gasteiger partial charge in [0.15, 0.2) is 0 Å². The SMILES string of the molecule is Cc1cc(NCCc2ccnn2C)c(N)cc1F. The highest BCUT2D eigenvalue weighted by Gasteiger charge is 2.05. The first-order valence-corrected chi connectivity index (χ1v) is 5.84. The minimum atomic E-state index is -0.273. The van der Waals surface area contributed by atoms with Crippen LogP contribution in [0.1, 0.15) is 11.3 Å². The summed E-state index contributed by atoms with van der Waals surface area (Å²) in [6, 6.07) is 5.05. The fraction of sp³-hybridized carbons (Fsp3) is 0.308. The van der Waals surface area contributed by atoms with Crippen molar-refractivity contribution in [2.45, 2.75) is 13.3 Å². The molecule has 4 nitrogen and oxygen atoms in total. The number of rotatable bonds is 4. The van der Waals surface area contributed by atoms with E-state index >= 15 is 0 Å². The van der Waals surface area contributed by atoms with Gasteiger partial charge in [0.25, 0.3) is 0 Å². The summed E-state index contributed by atoms with van der Waals surface area (Å²) in [5.74, 6) is -0.273. The first-order chi connectivity index (χ1) is 8.58. The van der Waals surface area contributed by atoms with Crippen LogP contribution >= 0.6 is 0 Å². The van der Waals surface area contributed by atoms with E-state index in [1.165, 1.54) is 6.07 Å². The molecule has 0 saturated heterocycles. The molecule has 0 aliphatic heterocycles. The van der Waals surface area contributed by atoms with Gasteiger partial charge in [-0.15, -0.1) is 0 Å². The van der Waals surface area contributed by atoms with E-state index in [0.717, 1.165) is 24.3 Å². The molecule has 96 valence electrons. The zero-order valence-electron chi connectivity index (χ0n) is 10.6. The van der Waals surface area contributed by atoms with Crippen LogP contribution in [-0.4, -0.2) is 16.3 Å². The topological polar surface area (TPSA) is 55.9 Å². The van der Waals surface area contributed by atoms with Gasteiger partial charge in [-0.25, -0.2) is 4.39 Å². The smallest absolute Gasteiger partial charge is 0.128 e. The van der Waals surface area contributed by atoms with E-state index in [1.54, 1.807) is 19.2 Å². The van der Waals surface area contributed by atoms with Crippen LogP contribution in [0.25, 0.3) is 0 Å². The van der Waals surface area contributed by atoms with Crippen LogP contribution in [0.2, 0.25) is 0 Å². The van der Waals surface area contributed by atoms with Crippen molar-refractivity contribution in [3.8, 4) is 0 Å². The summed E-state index contributed by atoms with van der Waals surface area (Å²) >= 11 is 0. The number of hydrogen-bond donors (Lipinski definition) is 2. The molecule has 0 bridgehead atoms. The predicted molar refractivity (Wildman–Crippen MR) is 71.0 cm³/mol. The summed E-state index contributed by atoms with van der Waals surface area (Å²) in [5.41, 5.74) is 8.70. The van der Waals surface area contributed by atoms with Crippen LogP contribution in [0.5, 0.6) is 0 Å². The second kappa shape index (κ2) is 5.08. The number of nitrogens with two attached hydrogens (primary N) is 1. The van der Waals surface area contributed by atoms with Gasteiger partial charge in [0.1, 0.15) is 5.82 Å². The summed E-state index contributed by atoms with van der Waals surface area (Å²) in [4.78, 5) is 0. The van der Waals surface area contributed by atoms with Gasteiger partial charge in [-0.2, -0.15) is 5.10 Å². The molecule has 0 radical (unpaired) electrons. The number of aryl methyl sites for hydroxylation is 2. The Morgan fingerprint density at radius 2 is 2.22 bits per heavy atom. The van der Waals surface area contributed by atoms with Gasteiger partial charge in [0, 0.05) is 31.9 Å². The summed E-state index contributed by atoms with van der Waals surface area (Å²) < 4.78 is 15.1. The Balaban J connectivity index is 1.99. The third-order valence-electron chi connectivity index (χ3n) is 2.95. The largest absolute Gasteiger partial charge is 0.397 e. The summed E-state index contributed by atoms with van der Waals surface area (Å²) in [5, 5.41) is 7.31. The average Bonchev–Trinajstić information content (AvgIpc) is 2.72. The Morgan fingerprint density at radius 1 is 1.44 bits per heavy atom. The molecule has 0 atom stereocenters. The number of aromatic nitrogens is 2. The molecule has 2 aromatic rings. The van der Waals surface area contributed by atoms with Crippen LogP contribution in [0.3, 0.4) is 0 Å². The maximum atomic E-state index is 13.2. The molecule has 0 spiro atoms. The lowest BCUT2D eigenvalue weighted by Gasteiger charge is -2.11. The lowest BCUT2D eigenvalue weighted by atomic mass is 10.1. The van der Waals surface area contributed by atoms with Crippen molar-refractivity contribution in [2.24, 2.45) is 7.05 Å². The summed E-state index contributed by atoms with van der Waals surface area (Å²) in [7, 11) is 1.91. The van der Waals surface area contributed by atoms with Crippen molar-refractivity contribution in [3.05, 3.63) is 41.5 Å². The molecule has 1 heterocycles. The predicted octanol–water partition coefficient (Wildman–Crippen LogP) is 2.10. The van der Waals surface area contributed by atoms with Gasteiger partial charge >= 0.3 is 0 Å². The average molecular weight is 248 g/mol. The van der Waals surface area contributed by atoms with E-state index in [9.17, 15) is 4.39 Å². The van der Waals surface area contributed by atoms with Crippen LogP contribution in [-0.2, 0) is 13.5 Å². The molecule has 1 aromatic carbocycles. The van der Waals surface area contributed by atoms with E-state index in [0.29, 0.717) is 11.3 Å². The van der Waals surface area contributed by atoms with Gasteiger partial charge in [-0.3, -0.25) is 4.68 Å². The molecule has 3 N–H and O–H groups in total. The molecular weight excluding hydrogens is 231 g/mol. The fourth-order valence-electron chi connectivity index (χ4n) is 1.82. The van der Waals surface area contributed by atoms with E-state index in [1.807, 2.05) is 17.8 Å². The van der Waals surface area contributed by atoms with Crippen molar-refractivity contribution in [1.29, 1.82) is 0 Å². The lowest BCUT2D eigenvalue weighted by molar-refractivity contribution is 0.619. The van der Waals surface area contributed by atoms with Crippen molar-refractivity contribution in [3.63, 3.8) is 0 Å². The molecule has 0 saturated carbocycles.